The SMILES string of the molecule is [C-]#[N+]C=Cc1cc(F)c(-n2c(=S)[nH]c3cnc(Nc4ccc(C#N)cc4)nc32)c(Cl)c1. The third-order valence-corrected chi connectivity index (χ3v) is 4.87. The van der Waals surface area contributed by atoms with Gasteiger partial charge in [-0.2, -0.15) is 10.2 Å². The van der Waals surface area contributed by atoms with Crippen LogP contribution in [0, 0.1) is 28.5 Å². The third kappa shape index (κ3) is 4.01. The summed E-state index contributed by atoms with van der Waals surface area (Å²) in [5.41, 5.74) is 2.54. The Morgan fingerprint density at radius 2 is 2.10 bits per heavy atom. The van der Waals surface area contributed by atoms with E-state index >= 15 is 0 Å². The van der Waals surface area contributed by atoms with E-state index in [-0.39, 0.29) is 21.4 Å². The standard InChI is InChI=1S/C21H11ClFN7S/c1-25-7-6-13-8-15(22)18(16(23)9-13)30-19-17(28-21(30)31)11-26-20(29-19)27-14-4-2-12(10-24)3-5-14/h2-9,11H,(H,28,31)(H,26,27,29). The van der Waals surface area contributed by atoms with E-state index < -0.39 is 5.82 Å². The maximum absolute atomic E-state index is 15.0. The lowest BCUT2D eigenvalue weighted by Gasteiger charge is -2.10. The summed E-state index contributed by atoms with van der Waals surface area (Å²) >= 11 is 11.7. The monoisotopic (exact) mass is 447 g/mol. The van der Waals surface area contributed by atoms with E-state index in [2.05, 4.69) is 31.2 Å². The summed E-state index contributed by atoms with van der Waals surface area (Å²) in [5.74, 6) is -0.359. The highest BCUT2D eigenvalue weighted by Crippen LogP contribution is 2.29. The number of aromatic amines is 1. The van der Waals surface area contributed by atoms with Gasteiger partial charge in [-0.3, -0.25) is 4.57 Å². The van der Waals surface area contributed by atoms with Gasteiger partial charge in [0.25, 0.3) is 0 Å². The Balaban J connectivity index is 1.80. The molecule has 0 spiro atoms. The van der Waals surface area contributed by atoms with Crippen molar-refractivity contribution in [2.24, 2.45) is 0 Å². The lowest BCUT2D eigenvalue weighted by molar-refractivity contribution is 0.618. The fourth-order valence-corrected chi connectivity index (χ4v) is 3.53. The van der Waals surface area contributed by atoms with Crippen LogP contribution < -0.4 is 5.32 Å². The predicted molar refractivity (Wildman–Crippen MR) is 119 cm³/mol. The zero-order valence-electron chi connectivity index (χ0n) is 15.6. The number of nitriles is 1. The molecule has 7 nitrogen and oxygen atoms in total. The van der Waals surface area contributed by atoms with Crippen LogP contribution in [0.2, 0.25) is 5.02 Å². The first-order chi connectivity index (χ1) is 15.0. The van der Waals surface area contributed by atoms with E-state index in [1.165, 1.54) is 29.1 Å². The largest absolute Gasteiger partial charge is 0.328 e. The number of anilines is 2. The van der Waals surface area contributed by atoms with Crippen LogP contribution in [0.15, 0.2) is 48.8 Å². The molecule has 0 atom stereocenters. The molecule has 2 aromatic carbocycles. The van der Waals surface area contributed by atoms with Gasteiger partial charge in [-0.05, 0) is 54.2 Å². The van der Waals surface area contributed by atoms with Crippen molar-refractivity contribution in [3.63, 3.8) is 0 Å². The lowest BCUT2D eigenvalue weighted by atomic mass is 10.2. The first kappa shape index (κ1) is 20.2. The maximum atomic E-state index is 15.0. The third-order valence-electron chi connectivity index (χ3n) is 4.30. The number of hydrogen-bond acceptors (Lipinski definition) is 5. The van der Waals surface area contributed by atoms with E-state index in [9.17, 15) is 4.39 Å². The number of nitrogens with zero attached hydrogens (tertiary/aromatic N) is 5. The van der Waals surface area contributed by atoms with Crippen LogP contribution in [-0.2, 0) is 0 Å². The van der Waals surface area contributed by atoms with Crippen molar-refractivity contribution in [2.45, 2.75) is 0 Å². The van der Waals surface area contributed by atoms with Gasteiger partial charge in [-0.1, -0.05) is 17.7 Å². The molecule has 0 aliphatic carbocycles. The summed E-state index contributed by atoms with van der Waals surface area (Å²) in [6.45, 7) is 6.81. The van der Waals surface area contributed by atoms with Crippen molar-refractivity contribution in [3.8, 4) is 11.8 Å². The molecule has 0 saturated heterocycles. The summed E-state index contributed by atoms with van der Waals surface area (Å²) < 4.78 is 16.6. The van der Waals surface area contributed by atoms with Gasteiger partial charge in [0.2, 0.25) is 5.95 Å². The van der Waals surface area contributed by atoms with Crippen LogP contribution >= 0.6 is 23.8 Å². The Labute approximate surface area is 185 Å². The Morgan fingerprint density at radius 1 is 1.32 bits per heavy atom. The summed E-state index contributed by atoms with van der Waals surface area (Å²) in [4.78, 5) is 14.8. The number of hydrogen-bond donors (Lipinski definition) is 2. The highest BCUT2D eigenvalue weighted by atomic mass is 35.5. The molecule has 0 saturated carbocycles. The van der Waals surface area contributed by atoms with Crippen LogP contribution in [0.1, 0.15) is 11.1 Å². The average molecular weight is 448 g/mol. The molecule has 31 heavy (non-hydrogen) atoms. The zero-order chi connectivity index (χ0) is 22.0. The first-order valence-electron chi connectivity index (χ1n) is 8.77. The molecule has 0 aliphatic rings. The van der Waals surface area contributed by atoms with Crippen molar-refractivity contribution < 1.29 is 4.39 Å². The van der Waals surface area contributed by atoms with E-state index in [1.54, 1.807) is 30.3 Å². The normalized spacial score (nSPS) is 10.8. The molecule has 4 aromatic rings. The molecule has 2 N–H and O–H groups in total. The van der Waals surface area contributed by atoms with Crippen LogP contribution in [0.25, 0.3) is 27.8 Å². The highest BCUT2D eigenvalue weighted by Gasteiger charge is 2.17. The molecular weight excluding hydrogens is 437 g/mol. The molecule has 0 amide bonds. The number of rotatable bonds is 4. The Bertz CT molecular complexity index is 1450. The molecule has 0 unspecified atom stereocenters. The van der Waals surface area contributed by atoms with Crippen LogP contribution in [-0.4, -0.2) is 19.5 Å². The second-order valence-corrected chi connectivity index (χ2v) is 7.08. The molecule has 10 heteroatoms. The van der Waals surface area contributed by atoms with Gasteiger partial charge >= 0.3 is 0 Å². The van der Waals surface area contributed by atoms with Gasteiger partial charge in [-0.25, -0.2) is 14.2 Å². The fraction of sp³-hybridized carbons (Fsp3) is 0. The van der Waals surface area contributed by atoms with Gasteiger partial charge in [0.15, 0.2) is 16.6 Å². The number of halogens is 2. The number of benzene rings is 2. The minimum atomic E-state index is -0.616. The molecule has 2 aromatic heterocycles. The van der Waals surface area contributed by atoms with E-state index in [0.717, 1.165) is 0 Å². The summed E-state index contributed by atoms with van der Waals surface area (Å²) in [7, 11) is 0. The van der Waals surface area contributed by atoms with Crippen molar-refractivity contribution in [3.05, 3.63) is 86.9 Å². The van der Waals surface area contributed by atoms with Crippen molar-refractivity contribution in [2.75, 3.05) is 5.32 Å². The van der Waals surface area contributed by atoms with Gasteiger partial charge in [0.1, 0.15) is 17.0 Å². The number of H-pyrrole nitrogens is 1. The second-order valence-electron chi connectivity index (χ2n) is 6.29. The molecule has 2 heterocycles. The molecular formula is C21H11ClFN7S. The van der Waals surface area contributed by atoms with Gasteiger partial charge in [-0.15, -0.1) is 0 Å². The Hall–Kier alpha value is -4.05. The van der Waals surface area contributed by atoms with Gasteiger partial charge in [0, 0.05) is 5.69 Å². The molecule has 0 aliphatic heterocycles. The Morgan fingerprint density at radius 3 is 2.77 bits per heavy atom. The minimum Gasteiger partial charge on any atom is -0.328 e. The van der Waals surface area contributed by atoms with E-state index in [4.69, 9.17) is 35.7 Å². The van der Waals surface area contributed by atoms with Gasteiger partial charge in [0.05, 0.1) is 29.4 Å². The summed E-state index contributed by atoms with van der Waals surface area (Å²) in [5, 5.41) is 12.1. The quantitative estimate of drug-likeness (QED) is 0.306. The van der Waals surface area contributed by atoms with Crippen LogP contribution in [0.5, 0.6) is 0 Å². The lowest BCUT2D eigenvalue weighted by Crippen LogP contribution is -2.03. The maximum Gasteiger partial charge on any atom is 0.229 e. The van der Waals surface area contributed by atoms with Crippen LogP contribution in [0.4, 0.5) is 16.0 Å². The highest BCUT2D eigenvalue weighted by molar-refractivity contribution is 7.71. The van der Waals surface area contributed by atoms with Crippen molar-refractivity contribution in [1.29, 1.82) is 5.26 Å². The number of nitrogens with one attached hydrogen (secondary N) is 2. The zero-order valence-corrected chi connectivity index (χ0v) is 17.2. The van der Waals surface area contributed by atoms with Gasteiger partial charge < -0.3 is 10.3 Å². The second kappa shape index (κ2) is 8.36. The van der Waals surface area contributed by atoms with E-state index in [1.807, 2.05) is 0 Å². The Kier molecular flexibility index (Phi) is 5.46. The summed E-state index contributed by atoms with van der Waals surface area (Å²) in [6, 6.07) is 11.6. The predicted octanol–water partition coefficient (Wildman–Crippen LogP) is 5.78. The molecule has 0 fully saturated rings. The molecule has 0 radical (unpaired) electrons. The molecule has 0 bridgehead atoms. The van der Waals surface area contributed by atoms with Crippen molar-refractivity contribution in [1.82, 2.24) is 19.5 Å². The number of fused-ring (bicyclic) bond motifs is 1. The number of aromatic nitrogens is 4. The van der Waals surface area contributed by atoms with Crippen molar-refractivity contribution >= 4 is 52.7 Å². The smallest absolute Gasteiger partial charge is 0.229 e. The first-order valence-corrected chi connectivity index (χ1v) is 9.56. The average Bonchev–Trinajstić information content (AvgIpc) is 3.07. The minimum absolute atomic E-state index is 0.0425. The van der Waals surface area contributed by atoms with E-state index in [0.29, 0.717) is 28.0 Å². The summed E-state index contributed by atoms with van der Waals surface area (Å²) in [6.07, 6.45) is 4.21. The topological polar surface area (TPSA) is 86.7 Å². The molecule has 4 rings (SSSR count). The number of imidazole rings is 1. The van der Waals surface area contributed by atoms with Crippen LogP contribution in [0.3, 0.4) is 0 Å². The molecule has 150 valence electrons. The fourth-order valence-electron chi connectivity index (χ4n) is 2.94.